The number of likely N-dealkylation sites (tertiary alicyclic amines) is 1. The first kappa shape index (κ1) is 23.5. The van der Waals surface area contributed by atoms with Crippen LogP contribution in [0.5, 0.6) is 11.5 Å². The van der Waals surface area contributed by atoms with Gasteiger partial charge in [-0.2, -0.15) is 13.2 Å². The molecule has 182 valence electrons. The number of rotatable bonds is 6. The molecule has 6 N–H and O–H groups in total. The van der Waals surface area contributed by atoms with Crippen molar-refractivity contribution in [1.29, 1.82) is 0 Å². The summed E-state index contributed by atoms with van der Waals surface area (Å²) in [5, 5.41) is 5.15. The van der Waals surface area contributed by atoms with Crippen LogP contribution >= 0.6 is 0 Å². The summed E-state index contributed by atoms with van der Waals surface area (Å²) in [7, 11) is 0. The number of hydrogen-bond acceptors (Lipinski definition) is 7. The van der Waals surface area contributed by atoms with Crippen molar-refractivity contribution < 1.29 is 32.2 Å². The summed E-state index contributed by atoms with van der Waals surface area (Å²) in [5.41, 5.74) is 11.8. The van der Waals surface area contributed by atoms with Gasteiger partial charge in [0.15, 0.2) is 11.5 Å². The highest BCUT2D eigenvalue weighted by Crippen LogP contribution is 2.36. The van der Waals surface area contributed by atoms with Crippen LogP contribution in [-0.2, 0) is 17.5 Å². The number of anilines is 2. The van der Waals surface area contributed by atoms with Crippen molar-refractivity contribution >= 4 is 23.2 Å². The molecule has 0 aromatic heterocycles. The topological polar surface area (TPSA) is 132 Å². The second-order valence-electron chi connectivity index (χ2n) is 8.17. The van der Waals surface area contributed by atoms with Gasteiger partial charge in [-0.15, -0.1) is 0 Å². The largest absolute Gasteiger partial charge is 0.454 e. The molecule has 4 rings (SSSR count). The smallest absolute Gasteiger partial charge is 0.416 e. The molecule has 0 radical (unpaired) electrons. The number of hydrogen-bond donors (Lipinski definition) is 4. The van der Waals surface area contributed by atoms with E-state index in [4.69, 9.17) is 20.9 Å². The Morgan fingerprint density at radius 1 is 1.09 bits per heavy atom. The van der Waals surface area contributed by atoms with Crippen LogP contribution in [-0.4, -0.2) is 49.2 Å². The van der Waals surface area contributed by atoms with Crippen LogP contribution in [0.25, 0.3) is 0 Å². The van der Waals surface area contributed by atoms with Gasteiger partial charge in [0, 0.05) is 43.1 Å². The highest BCUT2D eigenvalue weighted by atomic mass is 19.4. The minimum Gasteiger partial charge on any atom is -0.454 e. The van der Waals surface area contributed by atoms with Gasteiger partial charge < -0.3 is 31.6 Å². The molecule has 12 heteroatoms. The van der Waals surface area contributed by atoms with E-state index in [1.807, 2.05) is 6.07 Å². The number of nitrogens with two attached hydrogens (primary N) is 2. The van der Waals surface area contributed by atoms with Crippen LogP contribution in [0.1, 0.15) is 27.9 Å². The van der Waals surface area contributed by atoms with E-state index in [-0.39, 0.29) is 30.6 Å². The molecule has 0 saturated carbocycles. The van der Waals surface area contributed by atoms with Gasteiger partial charge in [0.2, 0.25) is 12.7 Å². The molecule has 1 fully saturated rings. The van der Waals surface area contributed by atoms with Crippen molar-refractivity contribution in [3.05, 3.63) is 47.0 Å². The Morgan fingerprint density at radius 2 is 1.82 bits per heavy atom. The van der Waals surface area contributed by atoms with Crippen LogP contribution in [0.15, 0.2) is 30.3 Å². The molecule has 0 bridgehead atoms. The average Bonchev–Trinajstić information content (AvgIpc) is 3.40. The monoisotopic (exact) mass is 479 g/mol. The Hall–Kier alpha value is -3.67. The average molecular weight is 479 g/mol. The molecule has 2 aliphatic heterocycles. The fourth-order valence-electron chi connectivity index (χ4n) is 3.94. The third kappa shape index (κ3) is 5.28. The fraction of sp³-hybridized carbons (Fsp3) is 0.364. The van der Waals surface area contributed by atoms with Gasteiger partial charge in [-0.1, -0.05) is 0 Å². The number of alkyl halides is 3. The lowest BCUT2D eigenvalue weighted by atomic mass is 10.1. The number of benzene rings is 2. The van der Waals surface area contributed by atoms with Crippen molar-refractivity contribution in [2.45, 2.75) is 25.2 Å². The molecule has 2 amide bonds. The van der Waals surface area contributed by atoms with E-state index in [1.165, 1.54) is 0 Å². The number of halogens is 3. The first-order chi connectivity index (χ1) is 16.1. The second-order valence-corrected chi connectivity index (χ2v) is 8.17. The van der Waals surface area contributed by atoms with Crippen molar-refractivity contribution in [3.63, 3.8) is 0 Å². The van der Waals surface area contributed by atoms with Gasteiger partial charge >= 0.3 is 6.18 Å². The number of ether oxygens (including phenoxy) is 2. The first-order valence-corrected chi connectivity index (χ1v) is 10.5. The van der Waals surface area contributed by atoms with E-state index >= 15 is 0 Å². The minimum atomic E-state index is -4.61. The van der Waals surface area contributed by atoms with Crippen LogP contribution in [0.3, 0.4) is 0 Å². The Morgan fingerprint density at radius 3 is 2.56 bits per heavy atom. The lowest BCUT2D eigenvalue weighted by Crippen LogP contribution is -2.43. The molecule has 2 aromatic carbocycles. The quantitative estimate of drug-likeness (QED) is 0.464. The van der Waals surface area contributed by atoms with E-state index in [0.29, 0.717) is 42.8 Å². The number of carbonyl (C=O) groups excluding carboxylic acids is 2. The van der Waals surface area contributed by atoms with Crippen LogP contribution < -0.4 is 31.6 Å². The summed E-state index contributed by atoms with van der Waals surface area (Å²) in [5.74, 6) is -0.0504. The summed E-state index contributed by atoms with van der Waals surface area (Å²) < 4.78 is 49.4. The number of amides is 2. The number of nitrogens with zero attached hydrogens (tertiary/aromatic N) is 1. The SMILES string of the molecule is Nc1cc2c(cc1CN1CCC(NC(=O)CNC(=O)c3cc(C(F)(F)F)ccc3N)C1)OCO2. The summed E-state index contributed by atoms with van der Waals surface area (Å²) in [4.78, 5) is 26.7. The molecule has 2 aliphatic rings. The molecule has 1 atom stereocenters. The summed E-state index contributed by atoms with van der Waals surface area (Å²) >= 11 is 0. The maximum absolute atomic E-state index is 12.9. The Labute approximate surface area is 193 Å². The second kappa shape index (κ2) is 9.29. The zero-order valence-electron chi connectivity index (χ0n) is 18.1. The van der Waals surface area contributed by atoms with Gasteiger partial charge in [0.1, 0.15) is 0 Å². The summed E-state index contributed by atoms with van der Waals surface area (Å²) in [6.45, 7) is 1.65. The van der Waals surface area contributed by atoms with Crippen LogP contribution in [0, 0.1) is 0 Å². The minimum absolute atomic E-state index is 0.111. The molecular formula is C22H24F3N5O4. The van der Waals surface area contributed by atoms with Gasteiger partial charge in [0.25, 0.3) is 5.91 Å². The van der Waals surface area contributed by atoms with Gasteiger partial charge in [-0.3, -0.25) is 14.5 Å². The van der Waals surface area contributed by atoms with Gasteiger partial charge in [-0.05, 0) is 36.2 Å². The first-order valence-electron chi connectivity index (χ1n) is 10.5. The van der Waals surface area contributed by atoms with E-state index in [1.54, 1.807) is 6.07 Å². The predicted molar refractivity (Wildman–Crippen MR) is 117 cm³/mol. The molecule has 1 saturated heterocycles. The highest BCUT2D eigenvalue weighted by Gasteiger charge is 2.32. The third-order valence-electron chi connectivity index (χ3n) is 5.70. The van der Waals surface area contributed by atoms with E-state index in [9.17, 15) is 22.8 Å². The van der Waals surface area contributed by atoms with Gasteiger partial charge in [-0.25, -0.2) is 0 Å². The maximum atomic E-state index is 12.9. The van der Waals surface area contributed by atoms with E-state index in [2.05, 4.69) is 15.5 Å². The number of fused-ring (bicyclic) bond motifs is 1. The van der Waals surface area contributed by atoms with Crippen molar-refractivity contribution in [3.8, 4) is 11.5 Å². The molecule has 2 heterocycles. The number of nitrogen functional groups attached to an aromatic ring is 2. The summed E-state index contributed by atoms with van der Waals surface area (Å²) in [6, 6.07) is 5.91. The Kier molecular flexibility index (Phi) is 6.42. The molecule has 0 aliphatic carbocycles. The van der Waals surface area contributed by atoms with Gasteiger partial charge in [0.05, 0.1) is 17.7 Å². The summed E-state index contributed by atoms with van der Waals surface area (Å²) in [6.07, 6.45) is -3.91. The third-order valence-corrected chi connectivity index (χ3v) is 5.70. The fourth-order valence-corrected chi connectivity index (χ4v) is 3.94. The standard InChI is InChI=1S/C22H24F3N5O4/c23-22(24,25)13-1-2-16(26)15(6-13)21(32)28-8-20(31)29-14-3-4-30(10-14)9-12-5-18-19(7-17(12)27)34-11-33-18/h1-2,5-7,14H,3-4,8-11,26-27H2,(H,28,32)(H,29,31). The number of nitrogens with one attached hydrogen (secondary N) is 2. The van der Waals surface area contributed by atoms with Crippen LogP contribution in [0.4, 0.5) is 24.5 Å². The van der Waals surface area contributed by atoms with Crippen molar-refractivity contribution in [2.24, 2.45) is 0 Å². The van der Waals surface area contributed by atoms with E-state index in [0.717, 1.165) is 24.2 Å². The Bertz CT molecular complexity index is 1110. The molecule has 9 nitrogen and oxygen atoms in total. The highest BCUT2D eigenvalue weighted by molar-refractivity contribution is 6.00. The molecular weight excluding hydrogens is 455 g/mol. The van der Waals surface area contributed by atoms with Crippen molar-refractivity contribution in [2.75, 3.05) is 37.9 Å². The zero-order chi connectivity index (χ0) is 24.5. The predicted octanol–water partition coefficient (Wildman–Crippen LogP) is 1.72. The zero-order valence-corrected chi connectivity index (χ0v) is 18.1. The lowest BCUT2D eigenvalue weighted by molar-refractivity contribution is -0.137. The molecule has 0 spiro atoms. The normalized spacial score (nSPS) is 17.6. The Balaban J connectivity index is 1.26. The lowest BCUT2D eigenvalue weighted by Gasteiger charge is -2.18. The number of carbonyl (C=O) groups is 2. The maximum Gasteiger partial charge on any atom is 0.416 e. The molecule has 34 heavy (non-hydrogen) atoms. The molecule has 1 unspecified atom stereocenters. The van der Waals surface area contributed by atoms with E-state index < -0.39 is 23.6 Å². The van der Waals surface area contributed by atoms with Crippen molar-refractivity contribution in [1.82, 2.24) is 15.5 Å². The molecule has 2 aromatic rings. The van der Waals surface area contributed by atoms with Crippen LogP contribution in [0.2, 0.25) is 0 Å².